The van der Waals surface area contributed by atoms with Gasteiger partial charge in [0, 0.05) is 5.56 Å². The number of aromatic nitrogens is 3. The normalized spacial score (nSPS) is 17.1. The lowest BCUT2D eigenvalue weighted by Gasteiger charge is -2.34. The Bertz CT molecular complexity index is 1000. The molecule has 3 aromatic rings. The number of hydrogen-bond acceptors (Lipinski definition) is 5. The molecule has 1 unspecified atom stereocenters. The van der Waals surface area contributed by atoms with Gasteiger partial charge in [0.05, 0.1) is 17.3 Å². The Balaban J connectivity index is 1.83. The van der Waals surface area contributed by atoms with Gasteiger partial charge in [-0.25, -0.2) is 4.68 Å². The molecule has 2 heterocycles. The van der Waals surface area contributed by atoms with Crippen LogP contribution >= 0.6 is 0 Å². The van der Waals surface area contributed by atoms with Crippen LogP contribution in [0.15, 0.2) is 42.5 Å². The van der Waals surface area contributed by atoms with Crippen molar-refractivity contribution in [2.24, 2.45) is 0 Å². The molecule has 0 radical (unpaired) electrons. The Kier molecular flexibility index (Phi) is 3.62. The number of nitrogens with zero attached hydrogens (tertiary/aromatic N) is 4. The summed E-state index contributed by atoms with van der Waals surface area (Å²) >= 11 is 0. The second kappa shape index (κ2) is 5.73. The third-order valence-electron chi connectivity index (χ3n) is 4.19. The summed E-state index contributed by atoms with van der Waals surface area (Å²) in [6.45, 7) is 1.16. The van der Waals surface area contributed by atoms with Gasteiger partial charge in [0.2, 0.25) is 0 Å². The van der Waals surface area contributed by atoms with Crippen LogP contribution in [0.5, 0.6) is 5.75 Å². The first-order chi connectivity index (χ1) is 12.4. The van der Waals surface area contributed by atoms with Crippen LogP contribution in [-0.4, -0.2) is 32.1 Å². The number of anilines is 1. The van der Waals surface area contributed by atoms with Gasteiger partial charge in [-0.05, 0) is 25.1 Å². The molecule has 0 aliphatic carbocycles. The predicted octanol–water partition coefficient (Wildman–Crippen LogP) is 2.46. The summed E-state index contributed by atoms with van der Waals surface area (Å²) in [5.41, 5.74) is 1.49. The summed E-state index contributed by atoms with van der Waals surface area (Å²) in [7, 11) is 0. The number of halogens is 2. The Morgan fingerprint density at radius 1 is 1.23 bits per heavy atom. The molecule has 134 valence electrons. The molecule has 7 nitrogen and oxygen atoms in total. The van der Waals surface area contributed by atoms with E-state index in [1.54, 1.807) is 30.3 Å². The van der Waals surface area contributed by atoms with E-state index in [-0.39, 0.29) is 23.7 Å². The first-order valence-electron chi connectivity index (χ1n) is 7.86. The number of carbonyl (C=O) groups excluding carboxylic acids is 1. The van der Waals surface area contributed by atoms with Gasteiger partial charge in [0.1, 0.15) is 12.2 Å². The second-order valence-electron chi connectivity index (χ2n) is 5.94. The quantitative estimate of drug-likeness (QED) is 0.776. The maximum Gasteiger partial charge on any atom is 0.483 e. The van der Waals surface area contributed by atoms with Gasteiger partial charge in [0.15, 0.2) is 5.75 Å². The third-order valence-corrected chi connectivity index (χ3v) is 4.19. The molecule has 1 atom stereocenters. The molecule has 2 aromatic carbocycles. The zero-order valence-electron chi connectivity index (χ0n) is 13.6. The summed E-state index contributed by atoms with van der Waals surface area (Å²) in [4.78, 5) is 13.2. The van der Waals surface area contributed by atoms with Gasteiger partial charge in [-0.1, -0.05) is 29.5 Å². The van der Waals surface area contributed by atoms with Crippen molar-refractivity contribution in [2.75, 3.05) is 4.90 Å². The standard InChI is InChI=1S/C17H14F2N4O3/c1-10(24)11-5-4-8-14-15(11)26-17(18,19)16(25)22(14)9-23-13-7-3-2-6-12(13)20-21-23/h2-8,10,24H,9H2,1H3. The van der Waals surface area contributed by atoms with E-state index in [0.717, 1.165) is 4.90 Å². The maximum atomic E-state index is 14.2. The molecule has 1 aromatic heterocycles. The summed E-state index contributed by atoms with van der Waals surface area (Å²) in [6.07, 6.45) is -5.09. The fourth-order valence-corrected chi connectivity index (χ4v) is 2.93. The average Bonchev–Trinajstić information content (AvgIpc) is 3.01. The summed E-state index contributed by atoms with van der Waals surface area (Å²) in [6, 6.07) is 11.5. The van der Waals surface area contributed by atoms with E-state index in [2.05, 4.69) is 15.0 Å². The third kappa shape index (κ3) is 2.48. The highest BCUT2D eigenvalue weighted by Crippen LogP contribution is 2.43. The van der Waals surface area contributed by atoms with Crippen molar-refractivity contribution < 1.29 is 23.4 Å². The molecule has 0 spiro atoms. The molecule has 0 fully saturated rings. The number of benzene rings is 2. The molecular formula is C17H14F2N4O3. The van der Waals surface area contributed by atoms with E-state index in [9.17, 15) is 18.7 Å². The molecule has 1 aliphatic rings. The topological polar surface area (TPSA) is 80.5 Å². The van der Waals surface area contributed by atoms with E-state index < -0.39 is 18.1 Å². The van der Waals surface area contributed by atoms with Gasteiger partial charge >= 0.3 is 12.0 Å². The van der Waals surface area contributed by atoms with Gasteiger partial charge < -0.3 is 9.84 Å². The highest BCUT2D eigenvalue weighted by atomic mass is 19.3. The summed E-state index contributed by atoms with van der Waals surface area (Å²) in [5, 5.41) is 17.7. The minimum atomic E-state index is -4.05. The molecule has 0 saturated heterocycles. The van der Waals surface area contributed by atoms with Crippen LogP contribution in [0.3, 0.4) is 0 Å². The number of aliphatic hydroxyl groups excluding tert-OH is 1. The van der Waals surface area contributed by atoms with Crippen LogP contribution in [-0.2, 0) is 11.5 Å². The van der Waals surface area contributed by atoms with Crippen molar-refractivity contribution in [2.45, 2.75) is 25.8 Å². The molecule has 26 heavy (non-hydrogen) atoms. The van der Waals surface area contributed by atoms with Crippen molar-refractivity contribution in [3.05, 3.63) is 48.0 Å². The number of alkyl halides is 2. The zero-order chi connectivity index (χ0) is 18.5. The predicted molar refractivity (Wildman–Crippen MR) is 87.7 cm³/mol. The largest absolute Gasteiger partial charge is 0.483 e. The number of carbonyl (C=O) groups is 1. The van der Waals surface area contributed by atoms with Gasteiger partial charge in [-0.15, -0.1) is 5.10 Å². The van der Waals surface area contributed by atoms with E-state index in [1.165, 1.54) is 23.7 Å². The number of para-hydroxylation sites is 2. The summed E-state index contributed by atoms with van der Waals surface area (Å²) in [5.74, 6) is -1.73. The van der Waals surface area contributed by atoms with Gasteiger partial charge in [-0.3, -0.25) is 9.69 Å². The summed E-state index contributed by atoms with van der Waals surface area (Å²) < 4.78 is 34.3. The van der Waals surface area contributed by atoms with Gasteiger partial charge in [0.25, 0.3) is 0 Å². The molecule has 4 rings (SSSR count). The van der Waals surface area contributed by atoms with Crippen molar-refractivity contribution in [1.82, 2.24) is 15.0 Å². The minimum absolute atomic E-state index is 0.138. The minimum Gasteiger partial charge on any atom is -0.423 e. The number of rotatable bonds is 3. The maximum absolute atomic E-state index is 14.2. The lowest BCUT2D eigenvalue weighted by atomic mass is 10.1. The van der Waals surface area contributed by atoms with Gasteiger partial charge in [-0.2, -0.15) is 8.78 Å². The molecule has 0 bridgehead atoms. The Hall–Kier alpha value is -3.07. The first kappa shape index (κ1) is 16.4. The Labute approximate surface area is 146 Å². The average molecular weight is 360 g/mol. The Morgan fingerprint density at radius 3 is 2.77 bits per heavy atom. The van der Waals surface area contributed by atoms with Crippen LogP contribution in [0.4, 0.5) is 14.5 Å². The van der Waals surface area contributed by atoms with Crippen molar-refractivity contribution >= 4 is 22.6 Å². The fraction of sp³-hybridized carbons (Fsp3) is 0.235. The van der Waals surface area contributed by atoms with E-state index in [1.807, 2.05) is 0 Å². The lowest BCUT2D eigenvalue weighted by Crippen LogP contribution is -2.51. The lowest BCUT2D eigenvalue weighted by molar-refractivity contribution is -0.193. The SMILES string of the molecule is CC(O)c1cccc2c1OC(F)(F)C(=O)N2Cn1nnc2ccccc21. The monoisotopic (exact) mass is 360 g/mol. The molecule has 0 saturated carbocycles. The van der Waals surface area contributed by atoms with Crippen LogP contribution in [0.2, 0.25) is 0 Å². The van der Waals surface area contributed by atoms with E-state index >= 15 is 0 Å². The molecular weight excluding hydrogens is 346 g/mol. The zero-order valence-corrected chi connectivity index (χ0v) is 13.6. The van der Waals surface area contributed by atoms with Crippen LogP contribution in [0.1, 0.15) is 18.6 Å². The molecule has 1 aliphatic heterocycles. The smallest absolute Gasteiger partial charge is 0.423 e. The molecule has 9 heteroatoms. The first-order valence-corrected chi connectivity index (χ1v) is 7.86. The number of hydrogen-bond donors (Lipinski definition) is 1. The van der Waals surface area contributed by atoms with Crippen molar-refractivity contribution in [1.29, 1.82) is 0 Å². The second-order valence-corrected chi connectivity index (χ2v) is 5.94. The van der Waals surface area contributed by atoms with Crippen LogP contribution in [0.25, 0.3) is 11.0 Å². The van der Waals surface area contributed by atoms with E-state index in [4.69, 9.17) is 0 Å². The van der Waals surface area contributed by atoms with Crippen LogP contribution < -0.4 is 9.64 Å². The van der Waals surface area contributed by atoms with E-state index in [0.29, 0.717) is 11.0 Å². The highest BCUT2D eigenvalue weighted by Gasteiger charge is 2.51. The van der Waals surface area contributed by atoms with Crippen molar-refractivity contribution in [3.8, 4) is 5.75 Å². The fourth-order valence-electron chi connectivity index (χ4n) is 2.93. The molecule has 1 N–H and O–H groups in total. The number of aliphatic hydroxyl groups is 1. The van der Waals surface area contributed by atoms with Crippen molar-refractivity contribution in [3.63, 3.8) is 0 Å². The number of amides is 1. The molecule has 1 amide bonds. The highest BCUT2D eigenvalue weighted by molar-refractivity contribution is 6.00. The Morgan fingerprint density at radius 2 is 2.00 bits per heavy atom. The number of ether oxygens (including phenoxy) is 1. The van der Waals surface area contributed by atoms with Crippen LogP contribution in [0, 0.1) is 0 Å². The number of fused-ring (bicyclic) bond motifs is 2.